The molecule has 0 spiro atoms. The molecule has 0 atom stereocenters. The lowest BCUT2D eigenvalue weighted by Gasteiger charge is -2.08. The SMILES string of the molecule is COc1ccc(Nc2cc(Cl)ncc2[N+](=O)[O-])cc1. The number of rotatable bonds is 4. The number of anilines is 2. The molecule has 19 heavy (non-hydrogen) atoms. The highest BCUT2D eigenvalue weighted by Gasteiger charge is 2.15. The molecule has 0 radical (unpaired) electrons. The van der Waals surface area contributed by atoms with Gasteiger partial charge in [0.1, 0.15) is 22.8 Å². The van der Waals surface area contributed by atoms with Gasteiger partial charge in [-0.25, -0.2) is 4.98 Å². The highest BCUT2D eigenvalue weighted by Crippen LogP contribution is 2.29. The maximum atomic E-state index is 10.9. The van der Waals surface area contributed by atoms with Crippen LogP contribution in [0.1, 0.15) is 0 Å². The summed E-state index contributed by atoms with van der Waals surface area (Å²) in [5.74, 6) is 0.702. The van der Waals surface area contributed by atoms with Crippen LogP contribution in [0.15, 0.2) is 36.5 Å². The van der Waals surface area contributed by atoms with Crippen molar-refractivity contribution < 1.29 is 9.66 Å². The maximum Gasteiger partial charge on any atom is 0.310 e. The van der Waals surface area contributed by atoms with Crippen molar-refractivity contribution in [3.63, 3.8) is 0 Å². The van der Waals surface area contributed by atoms with Gasteiger partial charge in [0, 0.05) is 11.8 Å². The average Bonchev–Trinajstić information content (AvgIpc) is 2.39. The number of halogens is 1. The number of nitrogens with one attached hydrogen (secondary N) is 1. The highest BCUT2D eigenvalue weighted by molar-refractivity contribution is 6.29. The standard InChI is InChI=1S/C12H10ClN3O3/c1-19-9-4-2-8(3-5-9)15-10-6-12(13)14-7-11(10)16(17)18/h2-7H,1H3,(H,14,15). The number of hydrogen-bond donors (Lipinski definition) is 1. The third-order valence-corrected chi connectivity index (χ3v) is 2.62. The lowest BCUT2D eigenvalue weighted by Crippen LogP contribution is -1.98. The van der Waals surface area contributed by atoms with Crippen molar-refractivity contribution in [1.82, 2.24) is 4.98 Å². The van der Waals surface area contributed by atoms with E-state index in [2.05, 4.69) is 10.3 Å². The minimum Gasteiger partial charge on any atom is -0.497 e. The Bertz CT molecular complexity index is 602. The first-order chi connectivity index (χ1) is 9.10. The Morgan fingerprint density at radius 2 is 2.05 bits per heavy atom. The number of nitrogens with zero attached hydrogens (tertiary/aromatic N) is 2. The molecule has 0 bridgehead atoms. The summed E-state index contributed by atoms with van der Waals surface area (Å²) in [5.41, 5.74) is 0.835. The third-order valence-electron chi connectivity index (χ3n) is 2.42. The van der Waals surface area contributed by atoms with Gasteiger partial charge in [-0.15, -0.1) is 0 Å². The summed E-state index contributed by atoms with van der Waals surface area (Å²) in [6.45, 7) is 0. The van der Waals surface area contributed by atoms with Gasteiger partial charge in [0.05, 0.1) is 12.0 Å². The summed E-state index contributed by atoms with van der Waals surface area (Å²) in [6.07, 6.45) is 1.12. The van der Waals surface area contributed by atoms with Crippen LogP contribution in [0.3, 0.4) is 0 Å². The molecule has 2 rings (SSSR count). The van der Waals surface area contributed by atoms with E-state index >= 15 is 0 Å². The number of methoxy groups -OCH3 is 1. The smallest absolute Gasteiger partial charge is 0.310 e. The van der Waals surface area contributed by atoms with Crippen molar-refractivity contribution >= 4 is 28.7 Å². The number of ether oxygens (including phenoxy) is 1. The molecule has 7 heteroatoms. The van der Waals surface area contributed by atoms with E-state index in [1.165, 1.54) is 6.07 Å². The van der Waals surface area contributed by atoms with Gasteiger partial charge >= 0.3 is 5.69 Å². The Morgan fingerprint density at radius 3 is 2.63 bits per heavy atom. The van der Waals surface area contributed by atoms with Gasteiger partial charge in [-0.3, -0.25) is 10.1 Å². The first-order valence-electron chi connectivity index (χ1n) is 5.31. The normalized spacial score (nSPS) is 10.0. The van der Waals surface area contributed by atoms with Crippen LogP contribution < -0.4 is 10.1 Å². The predicted molar refractivity (Wildman–Crippen MR) is 72.2 cm³/mol. The Labute approximate surface area is 114 Å². The van der Waals surface area contributed by atoms with Crippen molar-refractivity contribution in [2.24, 2.45) is 0 Å². The molecular formula is C12H10ClN3O3. The van der Waals surface area contributed by atoms with Crippen LogP contribution in [0.4, 0.5) is 17.1 Å². The quantitative estimate of drug-likeness (QED) is 0.527. The number of hydrogen-bond acceptors (Lipinski definition) is 5. The highest BCUT2D eigenvalue weighted by atomic mass is 35.5. The molecule has 0 saturated heterocycles. The van der Waals surface area contributed by atoms with Crippen LogP contribution in [-0.2, 0) is 0 Å². The van der Waals surface area contributed by atoms with Crippen molar-refractivity contribution in [2.75, 3.05) is 12.4 Å². The molecule has 6 nitrogen and oxygen atoms in total. The third kappa shape index (κ3) is 3.11. The van der Waals surface area contributed by atoms with Gasteiger partial charge < -0.3 is 10.1 Å². The van der Waals surface area contributed by atoms with Gasteiger partial charge in [0.25, 0.3) is 0 Å². The van der Waals surface area contributed by atoms with Gasteiger partial charge in [0.15, 0.2) is 0 Å². The zero-order valence-electron chi connectivity index (χ0n) is 9.96. The first kappa shape index (κ1) is 13.1. The maximum absolute atomic E-state index is 10.9. The molecule has 0 saturated carbocycles. The second-order valence-electron chi connectivity index (χ2n) is 3.63. The molecule has 0 aliphatic heterocycles. The number of nitro groups is 1. The predicted octanol–water partition coefficient (Wildman–Crippen LogP) is 3.40. The van der Waals surface area contributed by atoms with E-state index in [1.807, 2.05) is 0 Å². The Morgan fingerprint density at radius 1 is 1.37 bits per heavy atom. The summed E-state index contributed by atoms with van der Waals surface area (Å²) in [7, 11) is 1.57. The monoisotopic (exact) mass is 279 g/mol. The van der Waals surface area contributed by atoms with Gasteiger partial charge in [0.2, 0.25) is 0 Å². The van der Waals surface area contributed by atoms with E-state index in [1.54, 1.807) is 31.4 Å². The van der Waals surface area contributed by atoms with Crippen LogP contribution in [0.2, 0.25) is 5.15 Å². The molecule has 2 aromatic rings. The Kier molecular flexibility index (Phi) is 3.82. The van der Waals surface area contributed by atoms with E-state index in [-0.39, 0.29) is 16.5 Å². The molecule has 1 heterocycles. The zero-order chi connectivity index (χ0) is 13.8. The molecule has 0 aliphatic carbocycles. The van der Waals surface area contributed by atoms with E-state index in [9.17, 15) is 10.1 Å². The largest absolute Gasteiger partial charge is 0.497 e. The topological polar surface area (TPSA) is 77.3 Å². The van der Waals surface area contributed by atoms with Gasteiger partial charge in [-0.2, -0.15) is 0 Å². The molecule has 1 aromatic heterocycles. The summed E-state index contributed by atoms with van der Waals surface area (Å²) in [5, 5.41) is 14.0. The van der Waals surface area contributed by atoms with Gasteiger partial charge in [-0.05, 0) is 24.3 Å². The van der Waals surface area contributed by atoms with E-state index in [0.29, 0.717) is 11.4 Å². The number of benzene rings is 1. The van der Waals surface area contributed by atoms with Crippen molar-refractivity contribution in [3.8, 4) is 5.75 Å². The second kappa shape index (κ2) is 5.53. The minimum atomic E-state index is -0.519. The number of pyridine rings is 1. The molecule has 1 N–H and O–H groups in total. The molecular weight excluding hydrogens is 270 g/mol. The fraction of sp³-hybridized carbons (Fsp3) is 0.0833. The Hall–Kier alpha value is -2.34. The minimum absolute atomic E-state index is 0.139. The summed E-state index contributed by atoms with van der Waals surface area (Å²) in [6, 6.07) is 8.39. The average molecular weight is 280 g/mol. The van der Waals surface area contributed by atoms with Crippen LogP contribution in [0.25, 0.3) is 0 Å². The lowest BCUT2D eigenvalue weighted by molar-refractivity contribution is -0.384. The zero-order valence-corrected chi connectivity index (χ0v) is 10.7. The van der Waals surface area contributed by atoms with Crippen LogP contribution in [-0.4, -0.2) is 17.0 Å². The van der Waals surface area contributed by atoms with E-state index < -0.39 is 4.92 Å². The number of aromatic nitrogens is 1. The molecule has 0 fully saturated rings. The van der Waals surface area contributed by atoms with Crippen LogP contribution in [0.5, 0.6) is 5.75 Å². The van der Waals surface area contributed by atoms with E-state index in [0.717, 1.165) is 6.20 Å². The molecule has 1 aromatic carbocycles. The molecule has 98 valence electrons. The van der Waals surface area contributed by atoms with E-state index in [4.69, 9.17) is 16.3 Å². The molecule has 0 amide bonds. The molecule has 0 aliphatic rings. The summed E-state index contributed by atoms with van der Waals surface area (Å²) >= 11 is 5.74. The summed E-state index contributed by atoms with van der Waals surface area (Å²) in [4.78, 5) is 14.1. The van der Waals surface area contributed by atoms with Gasteiger partial charge in [-0.1, -0.05) is 11.6 Å². The fourth-order valence-electron chi connectivity index (χ4n) is 1.50. The fourth-order valence-corrected chi connectivity index (χ4v) is 1.66. The van der Waals surface area contributed by atoms with Crippen molar-refractivity contribution in [1.29, 1.82) is 0 Å². The first-order valence-corrected chi connectivity index (χ1v) is 5.69. The molecule has 0 unspecified atom stereocenters. The second-order valence-corrected chi connectivity index (χ2v) is 4.02. The summed E-state index contributed by atoms with van der Waals surface area (Å²) < 4.78 is 5.03. The van der Waals surface area contributed by atoms with Crippen molar-refractivity contribution in [2.45, 2.75) is 0 Å². The Balaban J connectivity index is 2.31. The lowest BCUT2D eigenvalue weighted by atomic mass is 10.2. The van der Waals surface area contributed by atoms with Crippen LogP contribution >= 0.6 is 11.6 Å². The van der Waals surface area contributed by atoms with Crippen molar-refractivity contribution in [3.05, 3.63) is 51.8 Å². The van der Waals surface area contributed by atoms with Crippen LogP contribution in [0, 0.1) is 10.1 Å².